The van der Waals surface area contributed by atoms with Crippen LogP contribution in [0, 0.1) is 0 Å². The van der Waals surface area contributed by atoms with E-state index in [1.807, 2.05) is 41.2 Å². The molecule has 4 rings (SSSR count). The van der Waals surface area contributed by atoms with Gasteiger partial charge in [-0.25, -0.2) is 4.98 Å². The highest BCUT2D eigenvalue weighted by atomic mass is 16.5. The number of hydrogen-bond acceptors (Lipinski definition) is 5. The molecule has 0 unspecified atom stereocenters. The number of pyridine rings is 1. The van der Waals surface area contributed by atoms with Crippen molar-refractivity contribution in [1.29, 1.82) is 0 Å². The van der Waals surface area contributed by atoms with Gasteiger partial charge in [0.15, 0.2) is 0 Å². The number of carbonyl (C=O) groups is 1. The molecule has 1 aliphatic heterocycles. The number of amides is 1. The van der Waals surface area contributed by atoms with Crippen molar-refractivity contribution in [2.24, 2.45) is 0 Å². The molecular formula is C22H27N5O2. The monoisotopic (exact) mass is 393 g/mol. The molecule has 1 aliphatic rings. The lowest BCUT2D eigenvalue weighted by molar-refractivity contribution is -0.0348. The summed E-state index contributed by atoms with van der Waals surface area (Å²) < 4.78 is 7.99. The predicted molar refractivity (Wildman–Crippen MR) is 112 cm³/mol. The first-order valence-electron chi connectivity index (χ1n) is 10.0. The van der Waals surface area contributed by atoms with Crippen LogP contribution in [0.3, 0.4) is 0 Å². The Labute approximate surface area is 170 Å². The average molecular weight is 393 g/mol. The Hall–Kier alpha value is -2.77. The Kier molecular flexibility index (Phi) is 5.60. The van der Waals surface area contributed by atoms with E-state index in [-0.39, 0.29) is 12.0 Å². The van der Waals surface area contributed by atoms with Gasteiger partial charge in [0.25, 0.3) is 5.91 Å². The van der Waals surface area contributed by atoms with Crippen LogP contribution in [0.5, 0.6) is 0 Å². The minimum atomic E-state index is -0.164. The number of aromatic nitrogens is 3. The first-order valence-corrected chi connectivity index (χ1v) is 10.0. The van der Waals surface area contributed by atoms with Gasteiger partial charge >= 0.3 is 0 Å². The number of hydrogen-bond donors (Lipinski definition) is 0. The number of rotatable bonds is 5. The summed E-state index contributed by atoms with van der Waals surface area (Å²) in [6, 6.07) is 9.68. The summed E-state index contributed by atoms with van der Waals surface area (Å²) in [6.45, 7) is 6.02. The summed E-state index contributed by atoms with van der Waals surface area (Å²) in [5.74, 6) is -0.0236. The molecule has 7 nitrogen and oxygen atoms in total. The smallest absolute Gasteiger partial charge is 0.254 e. The molecule has 3 aromatic rings. The van der Waals surface area contributed by atoms with Crippen LogP contribution < -0.4 is 0 Å². The zero-order chi connectivity index (χ0) is 20.4. The maximum Gasteiger partial charge on any atom is 0.254 e. The lowest BCUT2D eigenvalue weighted by Crippen LogP contribution is -2.38. The summed E-state index contributed by atoms with van der Waals surface area (Å²) in [5, 5.41) is 5.23. The van der Waals surface area contributed by atoms with Gasteiger partial charge in [-0.1, -0.05) is 18.2 Å². The van der Waals surface area contributed by atoms with Crippen LogP contribution in [0.15, 0.2) is 42.7 Å². The van der Waals surface area contributed by atoms with Crippen molar-refractivity contribution in [2.75, 3.05) is 33.8 Å². The highest BCUT2D eigenvalue weighted by Gasteiger charge is 2.25. The Balaban J connectivity index is 1.60. The van der Waals surface area contributed by atoms with Crippen molar-refractivity contribution >= 4 is 16.8 Å². The summed E-state index contributed by atoms with van der Waals surface area (Å²) >= 11 is 0. The molecule has 1 amide bonds. The quantitative estimate of drug-likeness (QED) is 0.667. The number of fused-ring (bicyclic) bond motifs is 1. The number of benzene rings is 1. The molecule has 1 saturated heterocycles. The topological polar surface area (TPSA) is 63.5 Å². The molecule has 29 heavy (non-hydrogen) atoms. The highest BCUT2D eigenvalue weighted by molar-refractivity contribution is 6.06. The van der Waals surface area contributed by atoms with E-state index in [9.17, 15) is 4.79 Å². The van der Waals surface area contributed by atoms with Gasteiger partial charge in [-0.05, 0) is 19.1 Å². The normalized spacial score (nSPS) is 17.6. The molecule has 0 bridgehead atoms. The van der Waals surface area contributed by atoms with E-state index in [1.54, 1.807) is 19.0 Å². The minimum Gasteiger partial charge on any atom is -0.369 e. The molecule has 0 radical (unpaired) electrons. The first-order chi connectivity index (χ1) is 14.0. The second kappa shape index (κ2) is 8.31. The van der Waals surface area contributed by atoms with Crippen LogP contribution in [0.1, 0.15) is 34.6 Å². The molecule has 0 aliphatic carbocycles. The lowest BCUT2D eigenvalue weighted by Gasteiger charge is -2.32. The van der Waals surface area contributed by atoms with Gasteiger partial charge in [0.2, 0.25) is 0 Å². The van der Waals surface area contributed by atoms with Crippen molar-refractivity contribution in [3.05, 3.63) is 59.5 Å². The Bertz CT molecular complexity index is 1010. The standard InChI is InChI=1S/C22H27N5O2/c1-4-27-14-16(12-23-27)13-26-9-10-29-21(15-26)20-11-18(22(28)25(2)3)17-7-5-6-8-19(17)24-20/h5-8,11-12,14,21H,4,9-10,13,15H2,1-3H3/t21-/m0/s1. The Morgan fingerprint density at radius 2 is 2.14 bits per heavy atom. The zero-order valence-electron chi connectivity index (χ0n) is 17.2. The largest absolute Gasteiger partial charge is 0.369 e. The fourth-order valence-corrected chi connectivity index (χ4v) is 3.72. The van der Waals surface area contributed by atoms with Crippen LogP contribution in [-0.2, 0) is 17.8 Å². The Morgan fingerprint density at radius 3 is 2.90 bits per heavy atom. The van der Waals surface area contributed by atoms with Gasteiger partial charge in [-0.15, -0.1) is 0 Å². The minimum absolute atomic E-state index is 0.0236. The third-order valence-electron chi connectivity index (χ3n) is 5.27. The lowest BCUT2D eigenvalue weighted by atomic mass is 10.0. The number of morpholine rings is 1. The van der Waals surface area contributed by atoms with E-state index in [4.69, 9.17) is 9.72 Å². The third kappa shape index (κ3) is 4.16. The van der Waals surface area contributed by atoms with Gasteiger partial charge in [-0.3, -0.25) is 14.4 Å². The van der Waals surface area contributed by atoms with Crippen LogP contribution in [0.25, 0.3) is 10.9 Å². The predicted octanol–water partition coefficient (Wildman–Crippen LogP) is 2.73. The van der Waals surface area contributed by atoms with Crippen LogP contribution in [0.4, 0.5) is 0 Å². The zero-order valence-corrected chi connectivity index (χ0v) is 17.2. The number of ether oxygens (including phenoxy) is 1. The first kappa shape index (κ1) is 19.5. The van der Waals surface area contributed by atoms with Gasteiger partial charge in [0, 0.05) is 57.4 Å². The van der Waals surface area contributed by atoms with E-state index in [2.05, 4.69) is 23.1 Å². The molecule has 1 atom stereocenters. The number of carbonyl (C=O) groups excluding carboxylic acids is 1. The summed E-state index contributed by atoms with van der Waals surface area (Å²) in [5.41, 5.74) is 3.49. The molecular weight excluding hydrogens is 366 g/mol. The van der Waals surface area contributed by atoms with Crippen molar-refractivity contribution in [2.45, 2.75) is 26.1 Å². The molecule has 0 spiro atoms. The van der Waals surface area contributed by atoms with Gasteiger partial charge in [-0.2, -0.15) is 5.10 Å². The number of nitrogens with zero attached hydrogens (tertiary/aromatic N) is 5. The fraction of sp³-hybridized carbons (Fsp3) is 0.409. The molecule has 1 aromatic carbocycles. The second-order valence-corrected chi connectivity index (χ2v) is 7.61. The van der Waals surface area contributed by atoms with E-state index < -0.39 is 0 Å². The van der Waals surface area contributed by atoms with Gasteiger partial charge in [0.05, 0.1) is 29.6 Å². The highest BCUT2D eigenvalue weighted by Crippen LogP contribution is 2.27. The average Bonchev–Trinajstić information content (AvgIpc) is 3.20. The number of para-hydroxylation sites is 1. The molecule has 0 saturated carbocycles. The van der Waals surface area contributed by atoms with Crippen molar-refractivity contribution in [3.8, 4) is 0 Å². The van der Waals surface area contributed by atoms with Gasteiger partial charge in [0.1, 0.15) is 6.10 Å². The molecule has 152 valence electrons. The van der Waals surface area contributed by atoms with Crippen molar-refractivity contribution < 1.29 is 9.53 Å². The maximum atomic E-state index is 12.8. The molecule has 1 fully saturated rings. The summed E-state index contributed by atoms with van der Waals surface area (Å²) in [7, 11) is 3.54. The second-order valence-electron chi connectivity index (χ2n) is 7.61. The van der Waals surface area contributed by atoms with Crippen molar-refractivity contribution in [3.63, 3.8) is 0 Å². The fourth-order valence-electron chi connectivity index (χ4n) is 3.72. The van der Waals surface area contributed by atoms with E-state index in [0.29, 0.717) is 12.2 Å². The summed E-state index contributed by atoms with van der Waals surface area (Å²) in [4.78, 5) is 21.5. The SMILES string of the molecule is CCn1cc(CN2CCO[C@H](c3cc(C(=O)N(C)C)c4ccccc4n3)C2)cn1. The molecule has 3 heterocycles. The molecule has 0 N–H and O–H groups in total. The van der Waals surface area contributed by atoms with Gasteiger partial charge < -0.3 is 9.64 Å². The molecule has 7 heteroatoms. The van der Waals surface area contributed by atoms with Crippen LogP contribution in [0.2, 0.25) is 0 Å². The van der Waals surface area contributed by atoms with Crippen LogP contribution >= 0.6 is 0 Å². The van der Waals surface area contributed by atoms with E-state index >= 15 is 0 Å². The number of aryl methyl sites for hydroxylation is 1. The van der Waals surface area contributed by atoms with E-state index in [0.717, 1.165) is 42.8 Å². The third-order valence-corrected chi connectivity index (χ3v) is 5.27. The van der Waals surface area contributed by atoms with E-state index in [1.165, 1.54) is 5.56 Å². The van der Waals surface area contributed by atoms with Crippen molar-refractivity contribution in [1.82, 2.24) is 24.6 Å². The summed E-state index contributed by atoms with van der Waals surface area (Å²) in [6.07, 6.45) is 3.85. The van der Waals surface area contributed by atoms with Crippen LogP contribution in [-0.4, -0.2) is 64.3 Å². The maximum absolute atomic E-state index is 12.8. The Morgan fingerprint density at radius 1 is 1.31 bits per heavy atom. The molecule has 2 aromatic heterocycles.